The van der Waals surface area contributed by atoms with Crippen molar-refractivity contribution in [2.75, 3.05) is 13.7 Å². The van der Waals surface area contributed by atoms with Crippen LogP contribution in [-0.4, -0.2) is 42.5 Å². The van der Waals surface area contributed by atoms with Crippen LogP contribution in [0.25, 0.3) is 0 Å². The second-order valence-electron chi connectivity index (χ2n) is 7.03. The van der Waals surface area contributed by atoms with Crippen molar-refractivity contribution in [2.24, 2.45) is 0 Å². The van der Waals surface area contributed by atoms with E-state index < -0.39 is 6.04 Å². The van der Waals surface area contributed by atoms with Crippen LogP contribution in [0.15, 0.2) is 42.5 Å². The number of hydrogen-bond acceptors (Lipinski definition) is 4. The van der Waals surface area contributed by atoms with Gasteiger partial charge in [0.1, 0.15) is 17.5 Å². The van der Waals surface area contributed by atoms with E-state index in [0.29, 0.717) is 27.1 Å². The van der Waals surface area contributed by atoms with Crippen LogP contribution in [-0.2, 0) is 16.1 Å². The van der Waals surface area contributed by atoms with Crippen LogP contribution in [0.3, 0.4) is 0 Å². The third-order valence-corrected chi connectivity index (χ3v) is 5.12. The molecule has 2 aromatic carbocycles. The molecule has 0 saturated carbocycles. The molecule has 0 aliphatic rings. The zero-order valence-electron chi connectivity index (χ0n) is 17.4. The molecular weight excluding hydrogens is 427 g/mol. The molecule has 6 nitrogen and oxygen atoms in total. The van der Waals surface area contributed by atoms with Gasteiger partial charge in [0.05, 0.1) is 7.11 Å². The van der Waals surface area contributed by atoms with Gasteiger partial charge >= 0.3 is 0 Å². The molecule has 2 rings (SSSR count). The summed E-state index contributed by atoms with van der Waals surface area (Å²) in [5.41, 5.74) is 0.572. The maximum absolute atomic E-state index is 13.0. The molecule has 0 radical (unpaired) electrons. The average Bonchev–Trinajstić information content (AvgIpc) is 2.71. The zero-order valence-corrected chi connectivity index (χ0v) is 19.0. The van der Waals surface area contributed by atoms with Gasteiger partial charge in [-0.3, -0.25) is 9.59 Å². The first-order valence-corrected chi connectivity index (χ1v) is 10.3. The van der Waals surface area contributed by atoms with Crippen molar-refractivity contribution >= 4 is 35.0 Å². The second kappa shape index (κ2) is 11.1. The van der Waals surface area contributed by atoms with Crippen LogP contribution in [0.1, 0.15) is 26.3 Å². The first kappa shape index (κ1) is 23.8. The Bertz CT molecular complexity index is 852. The topological polar surface area (TPSA) is 67.9 Å². The highest BCUT2D eigenvalue weighted by molar-refractivity contribution is 6.36. The van der Waals surface area contributed by atoms with Gasteiger partial charge in [0.15, 0.2) is 6.61 Å². The lowest BCUT2D eigenvalue weighted by molar-refractivity contribution is -0.142. The number of benzene rings is 2. The van der Waals surface area contributed by atoms with Crippen molar-refractivity contribution in [1.82, 2.24) is 10.2 Å². The largest absolute Gasteiger partial charge is 0.497 e. The van der Waals surface area contributed by atoms with Crippen LogP contribution < -0.4 is 14.8 Å². The van der Waals surface area contributed by atoms with Crippen molar-refractivity contribution < 1.29 is 19.1 Å². The SMILES string of the molecule is COc1ccc(OCC(=O)N(Cc2c(Cl)cccc2Cl)C(C)C(=O)NC(C)C)cc1. The quantitative estimate of drug-likeness (QED) is 0.614. The van der Waals surface area contributed by atoms with E-state index in [4.69, 9.17) is 32.7 Å². The highest BCUT2D eigenvalue weighted by Gasteiger charge is 2.28. The van der Waals surface area contributed by atoms with Crippen LogP contribution in [0.5, 0.6) is 11.5 Å². The second-order valence-corrected chi connectivity index (χ2v) is 7.84. The Hall–Kier alpha value is -2.44. The smallest absolute Gasteiger partial charge is 0.261 e. The molecule has 8 heteroatoms. The maximum atomic E-state index is 13.0. The number of nitrogens with one attached hydrogen (secondary N) is 1. The molecule has 0 aliphatic heterocycles. The van der Waals surface area contributed by atoms with Gasteiger partial charge in [-0.1, -0.05) is 29.3 Å². The number of halogens is 2. The van der Waals surface area contributed by atoms with Gasteiger partial charge in [-0.05, 0) is 57.2 Å². The molecule has 0 aromatic heterocycles. The van der Waals surface area contributed by atoms with E-state index in [1.807, 2.05) is 13.8 Å². The minimum absolute atomic E-state index is 0.0589. The molecule has 0 bridgehead atoms. The van der Waals surface area contributed by atoms with Crippen LogP contribution in [0.2, 0.25) is 10.0 Å². The highest BCUT2D eigenvalue weighted by Crippen LogP contribution is 2.26. The molecule has 1 unspecified atom stereocenters. The third-order valence-electron chi connectivity index (χ3n) is 4.41. The van der Waals surface area contributed by atoms with Crippen molar-refractivity contribution in [3.05, 3.63) is 58.1 Å². The highest BCUT2D eigenvalue weighted by atomic mass is 35.5. The lowest BCUT2D eigenvalue weighted by Crippen LogP contribution is -2.50. The number of ether oxygens (including phenoxy) is 2. The fourth-order valence-corrected chi connectivity index (χ4v) is 3.26. The van der Waals surface area contributed by atoms with E-state index in [0.717, 1.165) is 0 Å². The molecule has 30 heavy (non-hydrogen) atoms. The Morgan fingerprint density at radius 2 is 1.57 bits per heavy atom. The Morgan fingerprint density at radius 1 is 1.00 bits per heavy atom. The van der Waals surface area contributed by atoms with E-state index in [1.54, 1.807) is 56.5 Å². The van der Waals surface area contributed by atoms with Gasteiger partial charge in [-0.15, -0.1) is 0 Å². The minimum atomic E-state index is -0.744. The van der Waals surface area contributed by atoms with Gasteiger partial charge in [0, 0.05) is 28.2 Å². The summed E-state index contributed by atoms with van der Waals surface area (Å²) in [6, 6.07) is 11.2. The first-order valence-electron chi connectivity index (χ1n) is 9.52. The maximum Gasteiger partial charge on any atom is 0.261 e. The molecule has 1 atom stereocenters. The summed E-state index contributed by atoms with van der Waals surface area (Å²) in [5, 5.41) is 3.67. The Morgan fingerprint density at radius 3 is 2.10 bits per heavy atom. The van der Waals surface area contributed by atoms with E-state index in [1.165, 1.54) is 4.90 Å². The lowest BCUT2D eigenvalue weighted by Gasteiger charge is -2.30. The van der Waals surface area contributed by atoms with E-state index in [9.17, 15) is 9.59 Å². The number of methoxy groups -OCH3 is 1. The monoisotopic (exact) mass is 452 g/mol. The number of hydrogen-bond donors (Lipinski definition) is 1. The Kier molecular flexibility index (Phi) is 8.81. The molecule has 0 saturated heterocycles. The van der Waals surface area contributed by atoms with Crippen molar-refractivity contribution in [1.29, 1.82) is 0 Å². The van der Waals surface area contributed by atoms with E-state index in [-0.39, 0.29) is 31.0 Å². The average molecular weight is 453 g/mol. The van der Waals surface area contributed by atoms with Gasteiger partial charge in [-0.25, -0.2) is 0 Å². The van der Waals surface area contributed by atoms with Crippen LogP contribution >= 0.6 is 23.2 Å². The summed E-state index contributed by atoms with van der Waals surface area (Å²) in [5.74, 6) is 0.556. The molecule has 0 fully saturated rings. The molecule has 0 spiro atoms. The fraction of sp³-hybridized carbons (Fsp3) is 0.364. The normalized spacial score (nSPS) is 11.7. The molecule has 0 heterocycles. The van der Waals surface area contributed by atoms with Gasteiger partial charge in [0.25, 0.3) is 5.91 Å². The summed E-state index contributed by atoms with van der Waals surface area (Å²) < 4.78 is 10.7. The standard InChI is InChI=1S/C22H26Cl2N2O4/c1-14(2)25-22(28)15(3)26(12-18-19(23)6-5-7-20(18)24)21(27)13-30-17-10-8-16(29-4)9-11-17/h5-11,14-15H,12-13H2,1-4H3,(H,25,28). The van der Waals surface area contributed by atoms with E-state index >= 15 is 0 Å². The predicted octanol–water partition coefficient (Wildman–Crippen LogP) is 4.32. The Labute approximate surface area is 187 Å². The predicted molar refractivity (Wildman–Crippen MR) is 118 cm³/mol. The Balaban J connectivity index is 2.20. The number of rotatable bonds is 9. The minimum Gasteiger partial charge on any atom is -0.497 e. The van der Waals surface area contributed by atoms with Crippen molar-refractivity contribution in [2.45, 2.75) is 39.4 Å². The summed E-state index contributed by atoms with van der Waals surface area (Å²) in [4.78, 5) is 27.0. The number of carbonyl (C=O) groups is 2. The molecule has 2 amide bonds. The number of nitrogens with zero attached hydrogens (tertiary/aromatic N) is 1. The molecule has 162 valence electrons. The number of carbonyl (C=O) groups excluding carboxylic acids is 2. The lowest BCUT2D eigenvalue weighted by atomic mass is 10.1. The van der Waals surface area contributed by atoms with Gasteiger partial charge in [-0.2, -0.15) is 0 Å². The molecule has 1 N–H and O–H groups in total. The van der Waals surface area contributed by atoms with Gasteiger partial charge in [0.2, 0.25) is 5.91 Å². The number of amides is 2. The van der Waals surface area contributed by atoms with Crippen LogP contribution in [0, 0.1) is 0 Å². The first-order chi connectivity index (χ1) is 14.2. The fourth-order valence-electron chi connectivity index (χ4n) is 2.74. The molecule has 0 aliphatic carbocycles. The zero-order chi connectivity index (χ0) is 22.3. The summed E-state index contributed by atoms with van der Waals surface area (Å²) in [7, 11) is 1.57. The molecule has 2 aromatic rings. The summed E-state index contributed by atoms with van der Waals surface area (Å²) >= 11 is 12.6. The van der Waals surface area contributed by atoms with E-state index in [2.05, 4.69) is 5.32 Å². The van der Waals surface area contributed by atoms with Gasteiger partial charge < -0.3 is 19.7 Å². The van der Waals surface area contributed by atoms with Crippen LogP contribution in [0.4, 0.5) is 0 Å². The van der Waals surface area contributed by atoms with Crippen molar-refractivity contribution in [3.63, 3.8) is 0 Å². The van der Waals surface area contributed by atoms with Crippen molar-refractivity contribution in [3.8, 4) is 11.5 Å². The summed E-state index contributed by atoms with van der Waals surface area (Å²) in [6.45, 7) is 5.21. The third kappa shape index (κ3) is 6.54. The molecular formula is C22H26Cl2N2O4. The summed E-state index contributed by atoms with van der Waals surface area (Å²) in [6.07, 6.45) is 0.